The first-order chi connectivity index (χ1) is 8.58. The van der Waals surface area contributed by atoms with Gasteiger partial charge < -0.3 is 20.9 Å². The third kappa shape index (κ3) is 2.66. The number of aryl methyl sites for hydroxylation is 1. The molecule has 0 saturated carbocycles. The van der Waals surface area contributed by atoms with Crippen molar-refractivity contribution in [1.29, 1.82) is 0 Å². The standard InChI is InChI=1S/C10H15N7O/c1-5-4-13-9(18-5)6(2)14-7-3-8(17-12)16-10(11)15-7/h3-4,6H,12H2,1-2H3,(H4,11,14,15,16,17). The lowest BCUT2D eigenvalue weighted by molar-refractivity contribution is 0.453. The largest absolute Gasteiger partial charge is 0.444 e. The smallest absolute Gasteiger partial charge is 0.223 e. The van der Waals surface area contributed by atoms with Crippen LogP contribution in [0.4, 0.5) is 17.6 Å². The van der Waals surface area contributed by atoms with Crippen LogP contribution in [-0.2, 0) is 0 Å². The van der Waals surface area contributed by atoms with Gasteiger partial charge in [0.05, 0.1) is 6.20 Å². The Morgan fingerprint density at radius 1 is 1.33 bits per heavy atom. The van der Waals surface area contributed by atoms with Crippen LogP contribution in [0.5, 0.6) is 0 Å². The first kappa shape index (κ1) is 12.1. The summed E-state index contributed by atoms with van der Waals surface area (Å²) in [6, 6.07) is 1.50. The fourth-order valence-corrected chi connectivity index (χ4v) is 1.47. The maximum absolute atomic E-state index is 5.56. The zero-order valence-corrected chi connectivity index (χ0v) is 10.1. The number of anilines is 3. The number of hydrogen-bond acceptors (Lipinski definition) is 8. The van der Waals surface area contributed by atoms with E-state index in [2.05, 4.69) is 25.7 Å². The molecule has 8 nitrogen and oxygen atoms in total. The normalized spacial score (nSPS) is 12.2. The Morgan fingerprint density at radius 3 is 2.67 bits per heavy atom. The van der Waals surface area contributed by atoms with Crippen LogP contribution >= 0.6 is 0 Å². The summed E-state index contributed by atoms with van der Waals surface area (Å²) in [5.74, 6) is 7.71. The number of nitrogens with two attached hydrogens (primary N) is 2. The average Bonchev–Trinajstić information content (AvgIpc) is 2.75. The minimum absolute atomic E-state index is 0.128. The van der Waals surface area contributed by atoms with Gasteiger partial charge in [-0.05, 0) is 13.8 Å². The molecule has 2 rings (SSSR count). The fraction of sp³-hybridized carbons (Fsp3) is 0.300. The van der Waals surface area contributed by atoms with Crippen molar-refractivity contribution >= 4 is 17.6 Å². The van der Waals surface area contributed by atoms with E-state index in [0.29, 0.717) is 17.5 Å². The van der Waals surface area contributed by atoms with E-state index >= 15 is 0 Å². The van der Waals surface area contributed by atoms with Gasteiger partial charge in [-0.2, -0.15) is 9.97 Å². The van der Waals surface area contributed by atoms with Gasteiger partial charge in [0.15, 0.2) is 0 Å². The highest BCUT2D eigenvalue weighted by Gasteiger charge is 2.12. The molecular formula is C10H15N7O. The third-order valence-corrected chi connectivity index (χ3v) is 2.27. The van der Waals surface area contributed by atoms with Crippen molar-refractivity contribution in [2.45, 2.75) is 19.9 Å². The molecule has 8 heteroatoms. The zero-order chi connectivity index (χ0) is 13.1. The van der Waals surface area contributed by atoms with Crippen molar-refractivity contribution in [2.75, 3.05) is 16.5 Å². The van der Waals surface area contributed by atoms with Gasteiger partial charge in [0.1, 0.15) is 23.4 Å². The molecule has 0 amide bonds. The van der Waals surface area contributed by atoms with Gasteiger partial charge >= 0.3 is 0 Å². The van der Waals surface area contributed by atoms with Gasteiger partial charge in [-0.3, -0.25) is 0 Å². The third-order valence-electron chi connectivity index (χ3n) is 2.27. The lowest BCUT2D eigenvalue weighted by atomic mass is 10.3. The van der Waals surface area contributed by atoms with Crippen molar-refractivity contribution in [1.82, 2.24) is 15.0 Å². The molecular weight excluding hydrogens is 234 g/mol. The minimum Gasteiger partial charge on any atom is -0.444 e. The molecule has 0 bridgehead atoms. The van der Waals surface area contributed by atoms with Gasteiger partial charge in [0.25, 0.3) is 0 Å². The lowest BCUT2D eigenvalue weighted by Gasteiger charge is -2.12. The van der Waals surface area contributed by atoms with Crippen molar-refractivity contribution < 1.29 is 4.42 Å². The number of hydrogen-bond donors (Lipinski definition) is 4. The molecule has 0 aromatic carbocycles. The summed E-state index contributed by atoms with van der Waals surface area (Å²) in [6.45, 7) is 3.74. The van der Waals surface area contributed by atoms with E-state index in [1.807, 2.05) is 13.8 Å². The molecule has 18 heavy (non-hydrogen) atoms. The highest BCUT2D eigenvalue weighted by atomic mass is 16.4. The van der Waals surface area contributed by atoms with E-state index in [1.165, 1.54) is 0 Å². The van der Waals surface area contributed by atoms with E-state index in [4.69, 9.17) is 16.0 Å². The molecule has 0 saturated heterocycles. The number of hydrazine groups is 1. The number of nitrogens with one attached hydrogen (secondary N) is 2. The molecule has 0 aliphatic rings. The number of rotatable bonds is 4. The predicted molar refractivity (Wildman–Crippen MR) is 67.5 cm³/mol. The summed E-state index contributed by atoms with van der Waals surface area (Å²) in [5.41, 5.74) is 7.97. The van der Waals surface area contributed by atoms with Crippen LogP contribution in [0.3, 0.4) is 0 Å². The quantitative estimate of drug-likeness (QED) is 0.463. The Hall–Kier alpha value is -2.35. The monoisotopic (exact) mass is 249 g/mol. The number of nitrogens with zero attached hydrogens (tertiary/aromatic N) is 3. The van der Waals surface area contributed by atoms with Gasteiger partial charge in [0, 0.05) is 6.07 Å². The van der Waals surface area contributed by atoms with Crippen molar-refractivity contribution in [3.05, 3.63) is 23.9 Å². The number of oxazole rings is 1. The van der Waals surface area contributed by atoms with Crippen LogP contribution in [0, 0.1) is 6.92 Å². The van der Waals surface area contributed by atoms with E-state index < -0.39 is 0 Å². The first-order valence-corrected chi connectivity index (χ1v) is 5.38. The first-order valence-electron chi connectivity index (χ1n) is 5.38. The molecule has 1 unspecified atom stereocenters. The fourth-order valence-electron chi connectivity index (χ4n) is 1.47. The van der Waals surface area contributed by atoms with Crippen LogP contribution < -0.4 is 22.3 Å². The summed E-state index contributed by atoms with van der Waals surface area (Å²) in [5, 5.41) is 3.10. The van der Waals surface area contributed by atoms with E-state index in [9.17, 15) is 0 Å². The van der Waals surface area contributed by atoms with E-state index in [1.54, 1.807) is 12.3 Å². The van der Waals surface area contributed by atoms with Crippen molar-refractivity contribution in [3.8, 4) is 0 Å². The Balaban J connectivity index is 2.16. The Bertz CT molecular complexity index is 539. The summed E-state index contributed by atoms with van der Waals surface area (Å²) in [4.78, 5) is 12.1. The SMILES string of the molecule is Cc1cnc(C(C)Nc2cc(NN)nc(N)n2)o1. The predicted octanol–water partition coefficient (Wildman–Crippen LogP) is 0.814. The lowest BCUT2D eigenvalue weighted by Crippen LogP contribution is -2.13. The highest BCUT2D eigenvalue weighted by molar-refractivity contribution is 5.50. The molecule has 96 valence electrons. The molecule has 1 atom stereocenters. The molecule has 0 radical (unpaired) electrons. The molecule has 2 aromatic rings. The highest BCUT2D eigenvalue weighted by Crippen LogP contribution is 2.19. The summed E-state index contributed by atoms with van der Waals surface area (Å²) in [7, 11) is 0. The molecule has 0 spiro atoms. The Labute approximate surface area is 104 Å². The molecule has 0 aliphatic carbocycles. The summed E-state index contributed by atoms with van der Waals surface area (Å²) >= 11 is 0. The Morgan fingerprint density at radius 2 is 2.06 bits per heavy atom. The van der Waals surface area contributed by atoms with Gasteiger partial charge in [0.2, 0.25) is 11.8 Å². The van der Waals surface area contributed by atoms with Gasteiger partial charge in [-0.1, -0.05) is 0 Å². The van der Waals surface area contributed by atoms with Crippen LogP contribution in [0.1, 0.15) is 24.6 Å². The molecule has 6 N–H and O–H groups in total. The van der Waals surface area contributed by atoms with E-state index in [-0.39, 0.29) is 12.0 Å². The van der Waals surface area contributed by atoms with Gasteiger partial charge in [-0.15, -0.1) is 0 Å². The second-order valence-corrected chi connectivity index (χ2v) is 3.82. The van der Waals surface area contributed by atoms with Crippen LogP contribution in [-0.4, -0.2) is 15.0 Å². The molecule has 0 fully saturated rings. The summed E-state index contributed by atoms with van der Waals surface area (Å²) in [6.07, 6.45) is 1.66. The van der Waals surface area contributed by atoms with Crippen LogP contribution in [0.15, 0.2) is 16.7 Å². The number of nitrogen functional groups attached to an aromatic ring is 2. The van der Waals surface area contributed by atoms with Crippen molar-refractivity contribution in [2.24, 2.45) is 5.84 Å². The maximum Gasteiger partial charge on any atom is 0.223 e. The van der Waals surface area contributed by atoms with Gasteiger partial charge in [-0.25, -0.2) is 10.8 Å². The Kier molecular flexibility index (Phi) is 3.28. The topological polar surface area (TPSA) is 128 Å². The molecule has 2 heterocycles. The van der Waals surface area contributed by atoms with Crippen LogP contribution in [0.25, 0.3) is 0 Å². The second kappa shape index (κ2) is 4.88. The number of aromatic nitrogens is 3. The van der Waals surface area contributed by atoms with Crippen LogP contribution in [0.2, 0.25) is 0 Å². The van der Waals surface area contributed by atoms with E-state index in [0.717, 1.165) is 5.76 Å². The maximum atomic E-state index is 5.56. The zero-order valence-electron chi connectivity index (χ0n) is 10.1. The average molecular weight is 249 g/mol. The second-order valence-electron chi connectivity index (χ2n) is 3.82. The molecule has 0 aliphatic heterocycles. The summed E-state index contributed by atoms with van der Waals surface area (Å²) < 4.78 is 5.42. The minimum atomic E-state index is -0.140. The van der Waals surface area contributed by atoms with Crippen molar-refractivity contribution in [3.63, 3.8) is 0 Å². The molecule has 2 aromatic heterocycles.